The summed E-state index contributed by atoms with van der Waals surface area (Å²) in [4.78, 5) is 26.7. The Morgan fingerprint density at radius 2 is 1.88 bits per heavy atom. The van der Waals surface area contributed by atoms with E-state index in [9.17, 15) is 9.59 Å². The van der Waals surface area contributed by atoms with Gasteiger partial charge in [-0.2, -0.15) is 0 Å². The van der Waals surface area contributed by atoms with Gasteiger partial charge in [-0.25, -0.2) is 0 Å². The van der Waals surface area contributed by atoms with Gasteiger partial charge in [0, 0.05) is 37.2 Å². The molecule has 2 rings (SSSR count). The molecule has 5 heteroatoms. The van der Waals surface area contributed by atoms with Crippen molar-refractivity contribution in [3.05, 3.63) is 35.9 Å². The molecule has 0 saturated carbocycles. The molecule has 24 heavy (non-hydrogen) atoms. The van der Waals surface area contributed by atoms with Crippen molar-refractivity contribution in [1.29, 1.82) is 0 Å². The van der Waals surface area contributed by atoms with E-state index in [0.29, 0.717) is 12.0 Å². The van der Waals surface area contributed by atoms with E-state index in [4.69, 9.17) is 0 Å². The molecule has 1 aliphatic heterocycles. The third kappa shape index (κ3) is 5.96. The van der Waals surface area contributed by atoms with Gasteiger partial charge < -0.3 is 15.5 Å². The molecule has 1 saturated heterocycles. The van der Waals surface area contributed by atoms with Crippen molar-refractivity contribution in [1.82, 2.24) is 15.5 Å². The van der Waals surface area contributed by atoms with Crippen LogP contribution >= 0.6 is 0 Å². The van der Waals surface area contributed by atoms with Crippen molar-refractivity contribution in [2.75, 3.05) is 19.6 Å². The highest BCUT2D eigenvalue weighted by atomic mass is 16.2. The summed E-state index contributed by atoms with van der Waals surface area (Å²) in [6.45, 7) is 7.31. The van der Waals surface area contributed by atoms with Crippen LogP contribution in [0.25, 0.3) is 0 Å². The molecule has 2 amide bonds. The lowest BCUT2D eigenvalue weighted by atomic mass is 10.0. The monoisotopic (exact) mass is 331 g/mol. The molecule has 2 N–H and O–H groups in total. The molecule has 1 atom stereocenters. The zero-order valence-corrected chi connectivity index (χ0v) is 14.8. The first-order valence-electron chi connectivity index (χ1n) is 8.96. The van der Waals surface area contributed by atoms with Crippen LogP contribution < -0.4 is 10.6 Å². The molecule has 132 valence electrons. The van der Waals surface area contributed by atoms with E-state index in [0.717, 1.165) is 32.5 Å². The number of hydrogen-bond acceptors (Lipinski definition) is 3. The number of carbonyl (C=O) groups is 2. The van der Waals surface area contributed by atoms with Crippen LogP contribution in [0, 0.1) is 0 Å². The molecule has 1 fully saturated rings. The summed E-state index contributed by atoms with van der Waals surface area (Å²) >= 11 is 0. The summed E-state index contributed by atoms with van der Waals surface area (Å²) in [5.74, 6) is -0.117. The number of carbonyl (C=O) groups excluding carboxylic acids is 2. The van der Waals surface area contributed by atoms with Gasteiger partial charge in [0.2, 0.25) is 5.91 Å². The number of piperidine rings is 1. The summed E-state index contributed by atoms with van der Waals surface area (Å²) < 4.78 is 0. The number of benzene rings is 1. The van der Waals surface area contributed by atoms with Crippen LogP contribution in [0.15, 0.2) is 30.3 Å². The fourth-order valence-electron chi connectivity index (χ4n) is 3.13. The van der Waals surface area contributed by atoms with Crippen molar-refractivity contribution in [2.45, 2.75) is 51.6 Å². The van der Waals surface area contributed by atoms with E-state index in [1.807, 2.05) is 25.1 Å². The van der Waals surface area contributed by atoms with E-state index < -0.39 is 0 Å². The van der Waals surface area contributed by atoms with Gasteiger partial charge in [-0.05, 0) is 44.9 Å². The van der Waals surface area contributed by atoms with Crippen molar-refractivity contribution in [3.63, 3.8) is 0 Å². The Morgan fingerprint density at radius 3 is 2.50 bits per heavy atom. The van der Waals surface area contributed by atoms with Gasteiger partial charge in [-0.3, -0.25) is 9.59 Å². The third-order valence-electron chi connectivity index (χ3n) is 4.40. The van der Waals surface area contributed by atoms with Crippen LogP contribution in [0.2, 0.25) is 0 Å². The van der Waals surface area contributed by atoms with E-state index >= 15 is 0 Å². The molecule has 5 nitrogen and oxygen atoms in total. The summed E-state index contributed by atoms with van der Waals surface area (Å²) in [6, 6.07) is 9.16. The summed E-state index contributed by atoms with van der Waals surface area (Å²) in [6.07, 6.45) is 3.51. The first-order chi connectivity index (χ1) is 11.6. The predicted molar refractivity (Wildman–Crippen MR) is 95.9 cm³/mol. The van der Waals surface area contributed by atoms with Crippen molar-refractivity contribution in [2.24, 2.45) is 0 Å². The summed E-state index contributed by atoms with van der Waals surface area (Å²) in [7, 11) is 0. The quantitative estimate of drug-likeness (QED) is 0.805. The maximum absolute atomic E-state index is 12.2. The number of rotatable bonds is 7. The van der Waals surface area contributed by atoms with Crippen LogP contribution in [0.1, 0.15) is 49.9 Å². The first-order valence-corrected chi connectivity index (χ1v) is 8.96. The van der Waals surface area contributed by atoms with Crippen LogP contribution in [-0.4, -0.2) is 48.4 Å². The number of amides is 2. The fourth-order valence-corrected chi connectivity index (χ4v) is 3.13. The van der Waals surface area contributed by atoms with Gasteiger partial charge in [0.1, 0.15) is 0 Å². The molecule has 0 radical (unpaired) electrons. The second-order valence-electron chi connectivity index (χ2n) is 6.63. The first kappa shape index (κ1) is 18.5. The number of nitrogens with one attached hydrogen (secondary N) is 2. The minimum absolute atomic E-state index is 0.0183. The summed E-state index contributed by atoms with van der Waals surface area (Å²) in [5.41, 5.74) is 0.619. The molecular formula is C19H29N3O2. The topological polar surface area (TPSA) is 61.4 Å². The van der Waals surface area contributed by atoms with E-state index in [2.05, 4.69) is 22.5 Å². The van der Waals surface area contributed by atoms with Crippen LogP contribution in [0.3, 0.4) is 0 Å². The lowest BCUT2D eigenvalue weighted by Gasteiger charge is -2.32. The highest BCUT2D eigenvalue weighted by Gasteiger charge is 2.21. The van der Waals surface area contributed by atoms with Gasteiger partial charge in [-0.15, -0.1) is 0 Å². The van der Waals surface area contributed by atoms with Crippen LogP contribution in [-0.2, 0) is 4.79 Å². The third-order valence-corrected chi connectivity index (χ3v) is 4.40. The number of likely N-dealkylation sites (tertiary alicyclic amines) is 1. The number of nitrogens with zero attached hydrogens (tertiary/aromatic N) is 1. The zero-order valence-electron chi connectivity index (χ0n) is 14.8. The lowest BCUT2D eigenvalue weighted by molar-refractivity contribution is -0.122. The Balaban J connectivity index is 1.69. The Bertz CT molecular complexity index is 525. The highest BCUT2D eigenvalue weighted by molar-refractivity contribution is 5.94. The fraction of sp³-hybridized carbons (Fsp3) is 0.579. The SMILES string of the molecule is CCCN1CCC(NC(=O)CC(C)NC(=O)c2ccccc2)CC1. The van der Waals surface area contributed by atoms with Gasteiger partial charge in [-0.1, -0.05) is 25.1 Å². The largest absolute Gasteiger partial charge is 0.353 e. The zero-order chi connectivity index (χ0) is 17.4. The van der Waals surface area contributed by atoms with E-state index in [-0.39, 0.29) is 23.9 Å². The molecule has 1 heterocycles. The second-order valence-corrected chi connectivity index (χ2v) is 6.63. The summed E-state index contributed by atoms with van der Waals surface area (Å²) in [5, 5.41) is 5.99. The van der Waals surface area contributed by atoms with Crippen LogP contribution in [0.5, 0.6) is 0 Å². The second kappa shape index (κ2) is 9.42. The van der Waals surface area contributed by atoms with E-state index in [1.165, 1.54) is 6.42 Å². The lowest BCUT2D eigenvalue weighted by Crippen LogP contribution is -2.46. The molecule has 1 aliphatic rings. The maximum atomic E-state index is 12.2. The minimum atomic E-state index is -0.183. The van der Waals surface area contributed by atoms with Crippen LogP contribution in [0.4, 0.5) is 0 Å². The van der Waals surface area contributed by atoms with E-state index in [1.54, 1.807) is 12.1 Å². The highest BCUT2D eigenvalue weighted by Crippen LogP contribution is 2.11. The van der Waals surface area contributed by atoms with Crippen molar-refractivity contribution in [3.8, 4) is 0 Å². The van der Waals surface area contributed by atoms with Gasteiger partial charge in [0.15, 0.2) is 0 Å². The number of hydrogen-bond donors (Lipinski definition) is 2. The Morgan fingerprint density at radius 1 is 1.21 bits per heavy atom. The average molecular weight is 331 g/mol. The molecule has 0 bridgehead atoms. The molecule has 1 aromatic carbocycles. The normalized spacial score (nSPS) is 17.2. The predicted octanol–water partition coefficient (Wildman–Crippen LogP) is 2.19. The molecule has 0 aromatic heterocycles. The molecule has 1 aromatic rings. The van der Waals surface area contributed by atoms with Gasteiger partial charge in [0.05, 0.1) is 0 Å². The van der Waals surface area contributed by atoms with Gasteiger partial charge >= 0.3 is 0 Å². The minimum Gasteiger partial charge on any atom is -0.353 e. The van der Waals surface area contributed by atoms with Crippen molar-refractivity contribution < 1.29 is 9.59 Å². The Kier molecular flexibility index (Phi) is 7.25. The van der Waals surface area contributed by atoms with Gasteiger partial charge in [0.25, 0.3) is 5.91 Å². The average Bonchev–Trinajstić information content (AvgIpc) is 2.57. The Labute approximate surface area is 144 Å². The molecular weight excluding hydrogens is 302 g/mol. The standard InChI is InChI=1S/C19H29N3O2/c1-3-11-22-12-9-17(10-13-22)21-18(23)14-15(2)20-19(24)16-7-5-4-6-8-16/h4-8,15,17H,3,9-14H2,1-2H3,(H,20,24)(H,21,23). The van der Waals surface area contributed by atoms with Crippen molar-refractivity contribution >= 4 is 11.8 Å². The smallest absolute Gasteiger partial charge is 0.251 e. The Hall–Kier alpha value is -1.88. The maximum Gasteiger partial charge on any atom is 0.251 e. The molecule has 1 unspecified atom stereocenters. The molecule has 0 spiro atoms. The molecule has 0 aliphatic carbocycles.